The average Bonchev–Trinajstić information content (AvgIpc) is 2.37. The van der Waals surface area contributed by atoms with E-state index in [0.717, 1.165) is 12.1 Å². The Kier molecular flexibility index (Phi) is 2.08. The quantitative estimate of drug-likeness (QED) is 0.487. The van der Waals surface area contributed by atoms with Gasteiger partial charge in [-0.2, -0.15) is 0 Å². The van der Waals surface area contributed by atoms with Crippen LogP contribution in [-0.2, 0) is 4.79 Å². The molecule has 0 radical (unpaired) electrons. The fourth-order valence-corrected chi connectivity index (χ4v) is 0.482. The summed E-state index contributed by atoms with van der Waals surface area (Å²) in [6.45, 7) is 0. The molecule has 1 aromatic heterocycles. The van der Waals surface area contributed by atoms with Crippen LogP contribution < -0.4 is 0 Å². The second-order valence-corrected chi connectivity index (χ2v) is 1.59. The number of rotatable bonds is 2. The van der Waals surface area contributed by atoms with Gasteiger partial charge in [0.2, 0.25) is 17.7 Å². The molecule has 58 valence electrons. The molecule has 6 heteroatoms. The lowest BCUT2D eigenvalue weighted by atomic mass is 10.5. The first kappa shape index (κ1) is 7.56. The minimum Gasteiger partial charge on any atom is -0.353 e. The third kappa shape index (κ3) is 1.68. The van der Waals surface area contributed by atoms with Gasteiger partial charge in [0.05, 0.1) is 0 Å². The van der Waals surface area contributed by atoms with Gasteiger partial charge in [-0.05, 0) is 0 Å². The number of alkyl halides is 2. The fourth-order valence-electron chi connectivity index (χ4n) is 0.482. The molecule has 1 rings (SSSR count). The summed E-state index contributed by atoms with van der Waals surface area (Å²) in [7, 11) is 0. The van der Waals surface area contributed by atoms with Crippen LogP contribution in [0.25, 0.3) is 0 Å². The lowest BCUT2D eigenvalue weighted by Gasteiger charge is -1.84. The van der Waals surface area contributed by atoms with Crippen molar-refractivity contribution < 1.29 is 18.1 Å². The third-order valence-corrected chi connectivity index (χ3v) is 0.891. The number of isocyanates is 1. The Morgan fingerprint density at radius 2 is 2.45 bits per heavy atom. The molecule has 0 aliphatic heterocycles. The lowest BCUT2D eigenvalue weighted by Crippen LogP contribution is -1.75. The maximum atomic E-state index is 11.7. The highest BCUT2D eigenvalue weighted by Crippen LogP contribution is 2.22. The zero-order chi connectivity index (χ0) is 8.27. The minimum absolute atomic E-state index is 0.199. The minimum atomic E-state index is -2.74. The molecule has 0 aliphatic rings. The van der Waals surface area contributed by atoms with E-state index in [0.29, 0.717) is 0 Å². The van der Waals surface area contributed by atoms with E-state index in [1.807, 2.05) is 0 Å². The van der Waals surface area contributed by atoms with Crippen LogP contribution in [0, 0.1) is 0 Å². The Bertz CT molecular complexity index is 290. The van der Waals surface area contributed by atoms with Gasteiger partial charge in [-0.15, -0.1) is 4.99 Å². The normalized spacial score (nSPS) is 9.73. The molecule has 4 nitrogen and oxygen atoms in total. The molecule has 0 saturated heterocycles. The van der Waals surface area contributed by atoms with Gasteiger partial charge in [0.15, 0.2) is 0 Å². The monoisotopic (exact) mass is 160 g/mol. The van der Waals surface area contributed by atoms with E-state index in [4.69, 9.17) is 0 Å². The number of aliphatic imine (C=N–C) groups is 1. The van der Waals surface area contributed by atoms with Gasteiger partial charge >= 0.3 is 0 Å². The maximum absolute atomic E-state index is 11.7. The van der Waals surface area contributed by atoms with Crippen LogP contribution in [0.1, 0.15) is 12.2 Å². The Morgan fingerprint density at radius 1 is 1.73 bits per heavy atom. The molecule has 0 aliphatic carbocycles. The summed E-state index contributed by atoms with van der Waals surface area (Å²) >= 11 is 0. The van der Waals surface area contributed by atoms with Crippen molar-refractivity contribution in [3.8, 4) is 0 Å². The molecule has 1 heterocycles. The van der Waals surface area contributed by atoms with E-state index in [-0.39, 0.29) is 5.82 Å². The van der Waals surface area contributed by atoms with Gasteiger partial charge in [-0.25, -0.2) is 13.6 Å². The van der Waals surface area contributed by atoms with Gasteiger partial charge < -0.3 is 4.52 Å². The largest absolute Gasteiger partial charge is 0.353 e. The second-order valence-electron chi connectivity index (χ2n) is 1.59. The molecule has 0 bridgehead atoms. The topological polar surface area (TPSA) is 55.5 Å². The second kappa shape index (κ2) is 3.03. The third-order valence-electron chi connectivity index (χ3n) is 0.891. The van der Waals surface area contributed by atoms with Crippen LogP contribution >= 0.6 is 0 Å². The molecule has 0 saturated carbocycles. The number of nitrogens with zero attached hydrogens (tertiary/aromatic N) is 2. The van der Waals surface area contributed by atoms with Crippen LogP contribution in [0.15, 0.2) is 15.6 Å². The first-order valence-corrected chi connectivity index (χ1v) is 2.56. The first-order chi connectivity index (χ1) is 5.24. The summed E-state index contributed by atoms with van der Waals surface area (Å²) in [5, 5.41) is 3.04. The molecule has 0 atom stereocenters. The van der Waals surface area contributed by atoms with Crippen molar-refractivity contribution in [2.45, 2.75) is 6.43 Å². The molecule has 11 heavy (non-hydrogen) atoms. The summed E-state index contributed by atoms with van der Waals surface area (Å²) in [4.78, 5) is 12.6. The molecule has 0 aromatic carbocycles. The number of halogens is 2. The predicted molar refractivity (Wildman–Crippen MR) is 29.2 cm³/mol. The van der Waals surface area contributed by atoms with E-state index in [2.05, 4.69) is 14.7 Å². The summed E-state index contributed by atoms with van der Waals surface area (Å²) in [6, 6.07) is 0.871. The molecule has 0 amide bonds. The number of hydrogen-bond donors (Lipinski definition) is 0. The first-order valence-electron chi connectivity index (χ1n) is 2.56. The van der Waals surface area contributed by atoms with E-state index < -0.39 is 12.2 Å². The standard InChI is InChI=1S/C5H2F2N2O2/c6-5(7)3-1-4(8-2-10)9-11-3/h1,5H. The number of carbonyl (C=O) groups excluding carboxylic acids is 1. The maximum Gasteiger partial charge on any atom is 0.298 e. The highest BCUT2D eigenvalue weighted by Gasteiger charge is 2.13. The van der Waals surface area contributed by atoms with Gasteiger partial charge in [0, 0.05) is 6.07 Å². The Labute approximate surface area is 59.5 Å². The molecule has 1 aromatic rings. The molecule has 0 N–H and O–H groups in total. The van der Waals surface area contributed by atoms with Crippen LogP contribution in [0.5, 0.6) is 0 Å². The van der Waals surface area contributed by atoms with Crippen molar-refractivity contribution in [1.29, 1.82) is 0 Å². The van der Waals surface area contributed by atoms with Crippen molar-refractivity contribution >= 4 is 11.9 Å². The Balaban J connectivity index is 2.90. The zero-order valence-electron chi connectivity index (χ0n) is 5.12. The van der Waals surface area contributed by atoms with Gasteiger partial charge in [0.25, 0.3) is 6.43 Å². The highest BCUT2D eigenvalue weighted by molar-refractivity contribution is 5.43. The Morgan fingerprint density at radius 3 is 2.91 bits per heavy atom. The van der Waals surface area contributed by atoms with Gasteiger partial charge in [-0.3, -0.25) is 0 Å². The van der Waals surface area contributed by atoms with Crippen LogP contribution in [-0.4, -0.2) is 11.2 Å². The number of hydrogen-bond acceptors (Lipinski definition) is 4. The smallest absolute Gasteiger partial charge is 0.298 e. The molecular formula is C5H2F2N2O2. The van der Waals surface area contributed by atoms with Gasteiger partial charge in [0.1, 0.15) is 0 Å². The van der Waals surface area contributed by atoms with Crippen molar-refractivity contribution in [2.24, 2.45) is 4.99 Å². The van der Waals surface area contributed by atoms with Gasteiger partial charge in [-0.1, -0.05) is 5.16 Å². The van der Waals surface area contributed by atoms with Crippen LogP contribution in [0.2, 0.25) is 0 Å². The zero-order valence-corrected chi connectivity index (χ0v) is 5.12. The highest BCUT2D eigenvalue weighted by atomic mass is 19.3. The predicted octanol–water partition coefficient (Wildman–Crippen LogP) is 1.58. The van der Waals surface area contributed by atoms with E-state index in [1.165, 1.54) is 0 Å². The van der Waals surface area contributed by atoms with Crippen molar-refractivity contribution in [2.75, 3.05) is 0 Å². The molecule has 0 fully saturated rings. The van der Waals surface area contributed by atoms with E-state index >= 15 is 0 Å². The molecule has 0 spiro atoms. The van der Waals surface area contributed by atoms with E-state index in [9.17, 15) is 13.6 Å². The van der Waals surface area contributed by atoms with Crippen molar-refractivity contribution in [3.05, 3.63) is 11.8 Å². The van der Waals surface area contributed by atoms with Crippen LogP contribution in [0.3, 0.4) is 0 Å². The fraction of sp³-hybridized carbons (Fsp3) is 0.200. The van der Waals surface area contributed by atoms with Crippen molar-refractivity contribution in [3.63, 3.8) is 0 Å². The molecule has 0 unspecified atom stereocenters. The lowest BCUT2D eigenvalue weighted by molar-refractivity contribution is 0.112. The summed E-state index contributed by atoms with van der Waals surface area (Å²) in [5.41, 5.74) is 0. The summed E-state index contributed by atoms with van der Waals surface area (Å²) < 4.78 is 27.6. The summed E-state index contributed by atoms with van der Waals surface area (Å²) in [6.07, 6.45) is -1.59. The average molecular weight is 160 g/mol. The summed E-state index contributed by atoms with van der Waals surface area (Å²) in [5.74, 6) is -0.811. The SMILES string of the molecule is O=C=Nc1cc(C(F)F)on1. The Hall–Kier alpha value is -1.55. The number of aromatic nitrogens is 1. The van der Waals surface area contributed by atoms with E-state index in [1.54, 1.807) is 0 Å². The molecular weight excluding hydrogens is 158 g/mol. The van der Waals surface area contributed by atoms with Crippen LogP contribution in [0.4, 0.5) is 14.6 Å². The van der Waals surface area contributed by atoms with Crippen molar-refractivity contribution in [1.82, 2.24) is 5.16 Å².